The van der Waals surface area contributed by atoms with Crippen LogP contribution in [0.5, 0.6) is 0 Å². The maximum Gasteiger partial charge on any atom is 0.252 e. The highest BCUT2D eigenvalue weighted by Gasteiger charge is 2.25. The lowest BCUT2D eigenvalue weighted by Gasteiger charge is -2.26. The second-order valence-electron chi connectivity index (χ2n) is 3.81. The molecule has 1 amide bonds. The van der Waals surface area contributed by atoms with Crippen LogP contribution in [0.4, 0.5) is 0 Å². The van der Waals surface area contributed by atoms with Crippen molar-refractivity contribution in [2.24, 2.45) is 0 Å². The molecule has 1 aromatic carbocycles. The lowest BCUT2D eigenvalue weighted by atomic mass is 10.0. The summed E-state index contributed by atoms with van der Waals surface area (Å²) in [5.41, 5.74) is -0.452. The minimum Gasteiger partial charge on any atom is -0.394 e. The summed E-state index contributed by atoms with van der Waals surface area (Å²) in [5, 5.41) is 20.8. The van der Waals surface area contributed by atoms with Crippen molar-refractivity contribution in [3.63, 3.8) is 0 Å². The van der Waals surface area contributed by atoms with Gasteiger partial charge in [-0.3, -0.25) is 4.79 Å². The number of amides is 1. The molecule has 88 valence electrons. The average Bonchev–Trinajstić information content (AvgIpc) is 2.29. The van der Waals surface area contributed by atoms with Crippen LogP contribution in [-0.4, -0.2) is 34.9 Å². The Kier molecular flexibility index (Phi) is 4.69. The van der Waals surface area contributed by atoms with Crippen molar-refractivity contribution >= 4 is 28.5 Å². The van der Waals surface area contributed by atoms with Crippen molar-refractivity contribution in [3.8, 4) is 0 Å². The summed E-state index contributed by atoms with van der Waals surface area (Å²) in [4.78, 5) is 11.9. The third-order valence-corrected chi connectivity index (χ3v) is 3.17. The predicted octanol–water partition coefficient (Wildman–Crippen LogP) is 0.764. The van der Waals surface area contributed by atoms with Crippen LogP contribution in [0.25, 0.3) is 0 Å². The fourth-order valence-electron chi connectivity index (χ4n) is 1.12. The van der Waals surface area contributed by atoms with Crippen LogP contribution in [-0.2, 0) is 0 Å². The molecular weight excluding hydrogens is 321 g/mol. The largest absolute Gasteiger partial charge is 0.394 e. The van der Waals surface area contributed by atoms with Crippen LogP contribution in [0.15, 0.2) is 24.3 Å². The van der Waals surface area contributed by atoms with Crippen LogP contribution >= 0.6 is 22.6 Å². The maximum absolute atomic E-state index is 11.9. The first kappa shape index (κ1) is 13.4. The summed E-state index contributed by atoms with van der Waals surface area (Å²) in [6.45, 7) is 0.970. The van der Waals surface area contributed by atoms with Crippen molar-refractivity contribution in [3.05, 3.63) is 33.4 Å². The zero-order valence-electron chi connectivity index (χ0n) is 8.90. The van der Waals surface area contributed by atoms with E-state index in [9.17, 15) is 4.79 Å². The predicted molar refractivity (Wildman–Crippen MR) is 69.2 cm³/mol. The fourth-order valence-corrected chi connectivity index (χ4v) is 1.75. The van der Waals surface area contributed by atoms with Gasteiger partial charge in [0.25, 0.3) is 5.91 Å². The normalized spacial score (nSPS) is 11.2. The molecule has 0 spiro atoms. The van der Waals surface area contributed by atoms with Gasteiger partial charge in [-0.25, -0.2) is 0 Å². The molecule has 16 heavy (non-hydrogen) atoms. The first-order valence-electron chi connectivity index (χ1n) is 4.81. The van der Waals surface area contributed by atoms with Crippen molar-refractivity contribution in [1.82, 2.24) is 5.32 Å². The Bertz CT molecular complexity index is 377. The van der Waals surface area contributed by atoms with Gasteiger partial charge in [0.2, 0.25) is 0 Å². The minimum absolute atomic E-state index is 0.296. The Morgan fingerprint density at radius 3 is 2.44 bits per heavy atom. The molecule has 1 rings (SSSR count). The molecule has 3 N–H and O–H groups in total. The van der Waals surface area contributed by atoms with E-state index in [4.69, 9.17) is 10.2 Å². The molecule has 0 atom stereocenters. The Morgan fingerprint density at radius 1 is 1.38 bits per heavy atom. The van der Waals surface area contributed by atoms with E-state index in [1.807, 2.05) is 12.1 Å². The number of aliphatic hydroxyl groups is 2. The number of nitrogens with one attached hydrogen (secondary N) is 1. The van der Waals surface area contributed by atoms with Crippen LogP contribution in [0, 0.1) is 3.57 Å². The van der Waals surface area contributed by atoms with Gasteiger partial charge in [0.15, 0.2) is 0 Å². The molecule has 0 heterocycles. The SMILES string of the molecule is CC(CO)(CO)NC(=O)c1ccccc1I. The van der Waals surface area contributed by atoms with Crippen LogP contribution < -0.4 is 5.32 Å². The van der Waals surface area contributed by atoms with Crippen molar-refractivity contribution in [2.45, 2.75) is 12.5 Å². The number of aliphatic hydroxyl groups excluding tert-OH is 2. The first-order chi connectivity index (χ1) is 7.52. The Morgan fingerprint density at radius 2 is 1.94 bits per heavy atom. The lowest BCUT2D eigenvalue weighted by molar-refractivity contribution is 0.0723. The van der Waals surface area contributed by atoms with Crippen molar-refractivity contribution in [2.75, 3.05) is 13.2 Å². The molecule has 0 aromatic heterocycles. The van der Waals surface area contributed by atoms with Gasteiger partial charge in [-0.1, -0.05) is 12.1 Å². The highest BCUT2D eigenvalue weighted by molar-refractivity contribution is 14.1. The third-order valence-electron chi connectivity index (χ3n) is 2.23. The van der Waals surface area contributed by atoms with E-state index < -0.39 is 5.54 Å². The monoisotopic (exact) mass is 335 g/mol. The molecule has 0 saturated heterocycles. The molecule has 4 nitrogen and oxygen atoms in total. The molecule has 1 aromatic rings. The number of carbonyl (C=O) groups excluding carboxylic acids is 1. The number of carbonyl (C=O) groups is 1. The second kappa shape index (κ2) is 5.60. The van der Waals surface area contributed by atoms with Crippen molar-refractivity contribution < 1.29 is 15.0 Å². The van der Waals surface area contributed by atoms with Crippen LogP contribution in [0.2, 0.25) is 0 Å². The Hall–Kier alpha value is -0.660. The van der Waals surface area contributed by atoms with Gasteiger partial charge in [-0.15, -0.1) is 0 Å². The summed E-state index contributed by atoms with van der Waals surface area (Å²) in [7, 11) is 0. The van der Waals surface area contributed by atoms with E-state index >= 15 is 0 Å². The smallest absolute Gasteiger partial charge is 0.252 e. The number of hydrogen-bond acceptors (Lipinski definition) is 3. The summed E-state index contributed by atoms with van der Waals surface area (Å²) in [6.07, 6.45) is 0. The van der Waals surface area contributed by atoms with Gasteiger partial charge in [0.05, 0.1) is 24.3 Å². The highest BCUT2D eigenvalue weighted by atomic mass is 127. The maximum atomic E-state index is 11.9. The molecule has 0 aliphatic carbocycles. The Labute approximate surface area is 108 Å². The van der Waals surface area contributed by atoms with Gasteiger partial charge >= 0.3 is 0 Å². The summed E-state index contributed by atoms with van der Waals surface area (Å²) >= 11 is 2.07. The van der Waals surface area contributed by atoms with E-state index in [2.05, 4.69) is 27.9 Å². The van der Waals surface area contributed by atoms with Gasteiger partial charge in [0, 0.05) is 3.57 Å². The highest BCUT2D eigenvalue weighted by Crippen LogP contribution is 2.12. The van der Waals surface area contributed by atoms with Crippen LogP contribution in [0.3, 0.4) is 0 Å². The van der Waals surface area contributed by atoms with E-state index in [1.165, 1.54) is 0 Å². The zero-order valence-corrected chi connectivity index (χ0v) is 11.1. The fraction of sp³-hybridized carbons (Fsp3) is 0.364. The van der Waals surface area contributed by atoms with Crippen molar-refractivity contribution in [1.29, 1.82) is 0 Å². The molecule has 0 saturated carbocycles. The molecular formula is C11H14INO3. The third kappa shape index (κ3) is 3.16. The summed E-state index contributed by atoms with van der Waals surface area (Å²) in [5.74, 6) is -0.296. The molecule has 0 aliphatic rings. The number of hydrogen-bond donors (Lipinski definition) is 3. The Balaban J connectivity index is 2.84. The zero-order chi connectivity index (χ0) is 12.2. The first-order valence-corrected chi connectivity index (χ1v) is 5.89. The van der Waals surface area contributed by atoms with Gasteiger partial charge in [-0.05, 0) is 41.6 Å². The average molecular weight is 335 g/mol. The number of benzene rings is 1. The van der Waals surface area contributed by atoms with E-state index in [0.29, 0.717) is 5.56 Å². The van der Waals surface area contributed by atoms with Crippen LogP contribution in [0.1, 0.15) is 17.3 Å². The topological polar surface area (TPSA) is 69.6 Å². The summed E-state index contributed by atoms with van der Waals surface area (Å²) in [6, 6.07) is 7.14. The van der Waals surface area contributed by atoms with E-state index in [1.54, 1.807) is 19.1 Å². The number of halogens is 1. The number of rotatable bonds is 4. The molecule has 0 unspecified atom stereocenters. The van der Waals surface area contributed by atoms with Gasteiger partial charge < -0.3 is 15.5 Å². The minimum atomic E-state index is -0.990. The molecule has 5 heteroatoms. The van der Waals surface area contributed by atoms with Gasteiger partial charge in [0.1, 0.15) is 0 Å². The standard InChI is InChI=1S/C11H14INO3/c1-11(6-14,7-15)13-10(16)8-4-2-3-5-9(8)12/h2-5,14-15H,6-7H2,1H3,(H,13,16). The molecule has 0 fully saturated rings. The quantitative estimate of drug-likeness (QED) is 0.712. The molecule has 0 radical (unpaired) electrons. The molecule has 0 aliphatic heterocycles. The van der Waals surface area contributed by atoms with E-state index in [-0.39, 0.29) is 19.1 Å². The second-order valence-corrected chi connectivity index (χ2v) is 4.97. The lowest BCUT2D eigenvalue weighted by Crippen LogP contribution is -2.51. The molecule has 0 bridgehead atoms. The summed E-state index contributed by atoms with van der Waals surface area (Å²) < 4.78 is 0.829. The van der Waals surface area contributed by atoms with E-state index in [0.717, 1.165) is 3.57 Å². The van der Waals surface area contributed by atoms with Gasteiger partial charge in [-0.2, -0.15) is 0 Å².